The topological polar surface area (TPSA) is 124 Å². The first-order valence-corrected chi connectivity index (χ1v) is 8.64. The minimum Gasteiger partial charge on any atom is -0.398 e. The van der Waals surface area contributed by atoms with E-state index in [4.69, 9.17) is 5.73 Å². The molecule has 110 valence electrons. The molecule has 0 saturated carbocycles. The summed E-state index contributed by atoms with van der Waals surface area (Å²) in [5, 5.41) is 10.7. The maximum absolute atomic E-state index is 12.4. The number of nitro benzene ring substituents is 1. The normalized spacial score (nSPS) is 18.0. The molecule has 0 spiro atoms. The Balaban J connectivity index is 2.41. The third-order valence-electron chi connectivity index (χ3n) is 2.96. The molecule has 1 saturated heterocycles. The number of sulfonamides is 1. The second kappa shape index (κ2) is 5.46. The molecule has 1 heterocycles. The van der Waals surface area contributed by atoms with Gasteiger partial charge in [0.1, 0.15) is 4.90 Å². The fourth-order valence-corrected chi connectivity index (χ4v) is 4.72. The van der Waals surface area contributed by atoms with Gasteiger partial charge in [0, 0.05) is 47.5 Å². The summed E-state index contributed by atoms with van der Waals surface area (Å²) >= 11 is 0. The number of nitro groups is 1. The smallest absolute Gasteiger partial charge is 0.270 e. The molecule has 1 aromatic carbocycles. The van der Waals surface area contributed by atoms with Gasteiger partial charge in [-0.2, -0.15) is 4.31 Å². The van der Waals surface area contributed by atoms with Crippen molar-refractivity contribution in [3.63, 3.8) is 0 Å². The molecule has 2 N–H and O–H groups in total. The Bertz CT molecular complexity index is 663. The monoisotopic (exact) mass is 319 g/mol. The fraction of sp³-hybridized carbons (Fsp3) is 0.400. The van der Waals surface area contributed by atoms with Crippen molar-refractivity contribution >= 4 is 32.2 Å². The van der Waals surface area contributed by atoms with Crippen molar-refractivity contribution in [3.05, 3.63) is 28.3 Å². The molecule has 20 heavy (non-hydrogen) atoms. The molecule has 2 rings (SSSR count). The molecule has 1 aromatic rings. The van der Waals surface area contributed by atoms with Crippen LogP contribution in [0.1, 0.15) is 0 Å². The fourth-order valence-electron chi connectivity index (χ4n) is 1.86. The van der Waals surface area contributed by atoms with Crippen molar-refractivity contribution in [1.29, 1.82) is 0 Å². The average Bonchev–Trinajstić information content (AvgIpc) is 2.39. The zero-order chi connectivity index (χ0) is 14.9. The molecule has 1 aliphatic heterocycles. The van der Waals surface area contributed by atoms with Crippen LogP contribution >= 0.6 is 0 Å². The first-order valence-electron chi connectivity index (χ1n) is 5.71. The van der Waals surface area contributed by atoms with Crippen LogP contribution in [0.3, 0.4) is 0 Å². The van der Waals surface area contributed by atoms with Crippen molar-refractivity contribution < 1.29 is 17.6 Å². The molecule has 0 atom stereocenters. The quantitative estimate of drug-likeness (QED) is 0.472. The number of benzene rings is 1. The van der Waals surface area contributed by atoms with Crippen LogP contribution in [0.25, 0.3) is 0 Å². The third kappa shape index (κ3) is 2.81. The molecular weight excluding hydrogens is 306 g/mol. The van der Waals surface area contributed by atoms with Crippen LogP contribution in [0, 0.1) is 10.1 Å². The van der Waals surface area contributed by atoms with Gasteiger partial charge in [-0.25, -0.2) is 8.42 Å². The number of nitrogens with two attached hydrogens (primary N) is 1. The Morgan fingerprint density at radius 2 is 1.90 bits per heavy atom. The highest BCUT2D eigenvalue weighted by Crippen LogP contribution is 2.27. The standard InChI is InChI=1S/C10H13N3O5S2/c11-9-2-1-8(13(14)15)7-10(9)20(17,18)12-3-5-19(16)6-4-12/h1-2,7H,3-6,11H2. The van der Waals surface area contributed by atoms with Crippen LogP contribution in [0.4, 0.5) is 11.4 Å². The lowest BCUT2D eigenvalue weighted by atomic mass is 10.3. The molecule has 8 nitrogen and oxygen atoms in total. The van der Waals surface area contributed by atoms with Crippen molar-refractivity contribution in [2.45, 2.75) is 4.90 Å². The van der Waals surface area contributed by atoms with Gasteiger partial charge in [-0.05, 0) is 6.07 Å². The molecule has 0 aliphatic carbocycles. The highest BCUT2D eigenvalue weighted by molar-refractivity contribution is 7.89. The minimum atomic E-state index is -3.90. The number of anilines is 1. The zero-order valence-corrected chi connectivity index (χ0v) is 12.0. The second-order valence-corrected chi connectivity index (χ2v) is 7.83. The number of nitrogens with zero attached hydrogens (tertiary/aromatic N) is 2. The van der Waals surface area contributed by atoms with Gasteiger partial charge in [-0.1, -0.05) is 0 Å². The Labute approximate surface area is 118 Å². The summed E-state index contributed by atoms with van der Waals surface area (Å²) in [5.41, 5.74) is 5.25. The van der Waals surface area contributed by atoms with E-state index in [1.54, 1.807) is 0 Å². The molecule has 0 aromatic heterocycles. The summed E-state index contributed by atoms with van der Waals surface area (Å²) in [6.07, 6.45) is 0. The maximum atomic E-state index is 12.4. The molecule has 1 aliphatic rings. The van der Waals surface area contributed by atoms with Gasteiger partial charge in [0.05, 0.1) is 10.6 Å². The van der Waals surface area contributed by atoms with Gasteiger partial charge < -0.3 is 5.73 Å². The van der Waals surface area contributed by atoms with Gasteiger partial charge >= 0.3 is 0 Å². The Hall–Kier alpha value is -1.52. The first-order chi connectivity index (χ1) is 9.32. The highest BCUT2D eigenvalue weighted by atomic mass is 32.2. The van der Waals surface area contributed by atoms with Gasteiger partial charge in [-0.3, -0.25) is 14.3 Å². The van der Waals surface area contributed by atoms with E-state index in [0.29, 0.717) is 0 Å². The summed E-state index contributed by atoms with van der Waals surface area (Å²) < 4.78 is 37.2. The molecule has 0 bridgehead atoms. The second-order valence-electron chi connectivity index (χ2n) is 4.23. The minimum absolute atomic E-state index is 0.0395. The van der Waals surface area contributed by atoms with E-state index in [1.807, 2.05) is 0 Å². The van der Waals surface area contributed by atoms with E-state index in [2.05, 4.69) is 0 Å². The van der Waals surface area contributed by atoms with Crippen LogP contribution in [-0.4, -0.2) is 46.5 Å². The number of rotatable bonds is 3. The van der Waals surface area contributed by atoms with Crippen LogP contribution in [0.2, 0.25) is 0 Å². The van der Waals surface area contributed by atoms with Gasteiger partial charge in [0.15, 0.2) is 0 Å². The largest absolute Gasteiger partial charge is 0.398 e. The first kappa shape index (κ1) is 14.9. The van der Waals surface area contributed by atoms with E-state index in [0.717, 1.165) is 16.4 Å². The van der Waals surface area contributed by atoms with Gasteiger partial charge in [-0.15, -0.1) is 0 Å². The Morgan fingerprint density at radius 1 is 1.30 bits per heavy atom. The number of hydrogen-bond acceptors (Lipinski definition) is 6. The van der Waals surface area contributed by atoms with Crippen LogP contribution in [0.5, 0.6) is 0 Å². The lowest BCUT2D eigenvalue weighted by molar-refractivity contribution is -0.385. The Morgan fingerprint density at radius 3 is 2.45 bits per heavy atom. The molecule has 0 unspecified atom stereocenters. The summed E-state index contributed by atoms with van der Waals surface area (Å²) in [6.45, 7) is 0.244. The predicted octanol–water partition coefficient (Wildman–Crippen LogP) is -0.0700. The highest BCUT2D eigenvalue weighted by Gasteiger charge is 2.30. The van der Waals surface area contributed by atoms with Crippen molar-refractivity contribution in [2.75, 3.05) is 30.3 Å². The molecular formula is C10H13N3O5S2. The van der Waals surface area contributed by atoms with Crippen molar-refractivity contribution in [2.24, 2.45) is 0 Å². The SMILES string of the molecule is Nc1ccc([N+](=O)[O-])cc1S(=O)(=O)N1CCS(=O)CC1. The molecule has 0 amide bonds. The average molecular weight is 319 g/mol. The third-order valence-corrected chi connectivity index (χ3v) is 6.19. The summed E-state index contributed by atoms with van der Waals surface area (Å²) in [7, 11) is -4.92. The van der Waals surface area contributed by atoms with Crippen molar-refractivity contribution in [1.82, 2.24) is 4.31 Å². The van der Waals surface area contributed by atoms with Crippen molar-refractivity contribution in [3.8, 4) is 0 Å². The van der Waals surface area contributed by atoms with Crippen LogP contribution in [0.15, 0.2) is 23.1 Å². The molecule has 0 radical (unpaired) electrons. The predicted molar refractivity (Wildman–Crippen MR) is 74.1 cm³/mol. The lowest BCUT2D eigenvalue weighted by Gasteiger charge is -2.25. The van der Waals surface area contributed by atoms with E-state index >= 15 is 0 Å². The van der Waals surface area contributed by atoms with E-state index < -0.39 is 25.7 Å². The molecule has 10 heteroatoms. The van der Waals surface area contributed by atoms with E-state index in [1.165, 1.54) is 6.07 Å². The van der Waals surface area contributed by atoms with E-state index in [-0.39, 0.29) is 40.9 Å². The van der Waals surface area contributed by atoms with E-state index in [9.17, 15) is 22.7 Å². The van der Waals surface area contributed by atoms with Crippen LogP contribution < -0.4 is 5.73 Å². The summed E-state index contributed by atoms with van der Waals surface area (Å²) in [5.74, 6) is 0.516. The number of nitrogen functional groups attached to an aromatic ring is 1. The molecule has 1 fully saturated rings. The number of non-ortho nitro benzene ring substituents is 1. The van der Waals surface area contributed by atoms with Crippen LogP contribution in [-0.2, 0) is 20.8 Å². The lowest BCUT2D eigenvalue weighted by Crippen LogP contribution is -2.41. The number of hydrogen-bond donors (Lipinski definition) is 1. The Kier molecular flexibility index (Phi) is 4.06. The summed E-state index contributed by atoms with van der Waals surface area (Å²) in [4.78, 5) is 9.77. The van der Waals surface area contributed by atoms with Gasteiger partial charge in [0.2, 0.25) is 10.0 Å². The van der Waals surface area contributed by atoms with Gasteiger partial charge in [0.25, 0.3) is 5.69 Å². The maximum Gasteiger partial charge on any atom is 0.270 e. The summed E-state index contributed by atoms with van der Waals surface area (Å²) in [6, 6.07) is 3.31. The zero-order valence-electron chi connectivity index (χ0n) is 10.4.